The lowest BCUT2D eigenvalue weighted by Crippen LogP contribution is -1.97. The van der Waals surface area contributed by atoms with Crippen LogP contribution in [0.1, 0.15) is 5.69 Å². The molecule has 0 fully saturated rings. The van der Waals surface area contributed by atoms with Crippen LogP contribution in [0.2, 0.25) is 0 Å². The van der Waals surface area contributed by atoms with Crippen molar-refractivity contribution in [1.29, 1.82) is 0 Å². The van der Waals surface area contributed by atoms with Gasteiger partial charge in [0.25, 0.3) is 0 Å². The Labute approximate surface area is 165 Å². The number of hydrogen-bond donors (Lipinski definition) is 0. The Morgan fingerprint density at radius 1 is 0.862 bits per heavy atom. The molecule has 6 heteroatoms. The third kappa shape index (κ3) is 2.36. The first-order valence-electron chi connectivity index (χ1n) is 9.33. The number of furan rings is 1. The Hall–Kier alpha value is -4.06. The van der Waals surface area contributed by atoms with Gasteiger partial charge < -0.3 is 4.42 Å². The minimum absolute atomic E-state index is 0.634. The standard InChI is InChI=1S/C23H15N5O/c1-14-10-11-17-16-8-5-9-18(20(16)29-23(17)26-14)22-27-21-19(12-24-13-25-21)28(22)15-6-3-2-4-7-15/h2-13H,1H3. The van der Waals surface area contributed by atoms with Crippen molar-refractivity contribution in [1.82, 2.24) is 24.5 Å². The van der Waals surface area contributed by atoms with E-state index >= 15 is 0 Å². The van der Waals surface area contributed by atoms with Gasteiger partial charge in [-0.05, 0) is 37.3 Å². The van der Waals surface area contributed by atoms with Gasteiger partial charge in [-0.2, -0.15) is 0 Å². The summed E-state index contributed by atoms with van der Waals surface area (Å²) in [6.45, 7) is 1.96. The second kappa shape index (κ2) is 5.97. The fraction of sp³-hybridized carbons (Fsp3) is 0.0435. The Morgan fingerprint density at radius 3 is 2.66 bits per heavy atom. The molecule has 0 spiro atoms. The van der Waals surface area contributed by atoms with Crippen LogP contribution in [-0.2, 0) is 0 Å². The second-order valence-corrected chi connectivity index (χ2v) is 6.93. The third-order valence-electron chi connectivity index (χ3n) is 5.10. The van der Waals surface area contributed by atoms with Gasteiger partial charge in [0.2, 0.25) is 5.71 Å². The van der Waals surface area contributed by atoms with E-state index in [-0.39, 0.29) is 0 Å². The van der Waals surface area contributed by atoms with Crippen LogP contribution in [0.15, 0.2) is 77.6 Å². The molecule has 0 aliphatic heterocycles. The highest BCUT2D eigenvalue weighted by atomic mass is 16.3. The SMILES string of the molecule is Cc1ccc2c(n1)oc1c(-c3nc4ncncc4n3-c3ccccc3)cccc12. The van der Waals surface area contributed by atoms with Gasteiger partial charge >= 0.3 is 0 Å². The number of para-hydroxylation sites is 2. The van der Waals surface area contributed by atoms with Crippen LogP contribution < -0.4 is 0 Å². The van der Waals surface area contributed by atoms with Crippen LogP contribution in [0.4, 0.5) is 0 Å². The molecular formula is C23H15N5O. The van der Waals surface area contributed by atoms with Crippen molar-refractivity contribution in [2.75, 3.05) is 0 Å². The van der Waals surface area contributed by atoms with E-state index < -0.39 is 0 Å². The third-order valence-corrected chi connectivity index (χ3v) is 5.10. The molecule has 0 amide bonds. The highest BCUT2D eigenvalue weighted by Crippen LogP contribution is 2.36. The molecule has 6 aromatic rings. The highest BCUT2D eigenvalue weighted by molar-refractivity contribution is 6.08. The summed E-state index contributed by atoms with van der Waals surface area (Å²) in [5.41, 5.74) is 5.68. The first kappa shape index (κ1) is 15.9. The minimum Gasteiger partial charge on any atom is -0.437 e. The summed E-state index contributed by atoms with van der Waals surface area (Å²) in [6.07, 6.45) is 3.30. The van der Waals surface area contributed by atoms with Crippen molar-refractivity contribution in [3.63, 3.8) is 0 Å². The molecule has 0 N–H and O–H groups in total. The zero-order valence-corrected chi connectivity index (χ0v) is 15.6. The average Bonchev–Trinajstić information content (AvgIpc) is 3.32. The predicted octanol–water partition coefficient (Wildman–Crippen LogP) is 5.09. The van der Waals surface area contributed by atoms with Gasteiger partial charge in [-0.1, -0.05) is 30.3 Å². The fourth-order valence-corrected chi connectivity index (χ4v) is 3.79. The number of fused-ring (bicyclic) bond motifs is 4. The Balaban J connectivity index is 1.73. The number of hydrogen-bond acceptors (Lipinski definition) is 5. The maximum atomic E-state index is 6.21. The summed E-state index contributed by atoms with van der Waals surface area (Å²) in [4.78, 5) is 18.0. The monoisotopic (exact) mass is 377 g/mol. The van der Waals surface area contributed by atoms with Crippen LogP contribution in [0.25, 0.3) is 50.3 Å². The quantitative estimate of drug-likeness (QED) is 0.421. The van der Waals surface area contributed by atoms with E-state index in [1.54, 1.807) is 6.20 Å². The van der Waals surface area contributed by atoms with Gasteiger partial charge in [-0.15, -0.1) is 0 Å². The maximum absolute atomic E-state index is 6.21. The zero-order chi connectivity index (χ0) is 19.4. The van der Waals surface area contributed by atoms with E-state index in [9.17, 15) is 0 Å². The molecule has 0 saturated carbocycles. The number of rotatable bonds is 2. The molecule has 0 unspecified atom stereocenters. The normalized spacial score (nSPS) is 11.6. The van der Waals surface area contributed by atoms with E-state index in [0.717, 1.165) is 44.6 Å². The number of nitrogens with zero attached hydrogens (tertiary/aromatic N) is 5. The van der Waals surface area contributed by atoms with Crippen molar-refractivity contribution < 1.29 is 4.42 Å². The van der Waals surface area contributed by atoms with Crippen LogP contribution >= 0.6 is 0 Å². The van der Waals surface area contributed by atoms with Gasteiger partial charge in [0, 0.05) is 22.2 Å². The molecule has 0 atom stereocenters. The number of pyridine rings is 1. The van der Waals surface area contributed by atoms with Crippen molar-refractivity contribution in [2.24, 2.45) is 0 Å². The topological polar surface area (TPSA) is 69.6 Å². The summed E-state index contributed by atoms with van der Waals surface area (Å²) in [6, 6.07) is 20.2. The van der Waals surface area contributed by atoms with E-state index in [2.05, 4.69) is 31.7 Å². The van der Waals surface area contributed by atoms with Crippen LogP contribution in [-0.4, -0.2) is 24.5 Å². The van der Waals surface area contributed by atoms with Gasteiger partial charge in [-0.25, -0.2) is 19.9 Å². The molecule has 138 valence electrons. The van der Waals surface area contributed by atoms with Gasteiger partial charge in [0.1, 0.15) is 17.4 Å². The molecule has 0 bridgehead atoms. The van der Waals surface area contributed by atoms with Crippen molar-refractivity contribution >= 4 is 33.2 Å². The molecule has 6 rings (SSSR count). The lowest BCUT2D eigenvalue weighted by molar-refractivity contribution is 0.653. The van der Waals surface area contributed by atoms with Gasteiger partial charge in [-0.3, -0.25) is 4.57 Å². The van der Waals surface area contributed by atoms with Crippen LogP contribution in [0, 0.1) is 6.92 Å². The summed E-state index contributed by atoms with van der Waals surface area (Å²) in [5.74, 6) is 0.757. The number of imidazole rings is 1. The summed E-state index contributed by atoms with van der Waals surface area (Å²) in [7, 11) is 0. The molecule has 2 aromatic carbocycles. The number of benzene rings is 2. The Bertz CT molecular complexity index is 1510. The molecular weight excluding hydrogens is 362 g/mol. The average molecular weight is 377 g/mol. The first-order valence-corrected chi connectivity index (χ1v) is 9.33. The number of aryl methyl sites for hydroxylation is 1. The molecule has 4 aromatic heterocycles. The molecule has 4 heterocycles. The van der Waals surface area contributed by atoms with E-state index in [4.69, 9.17) is 9.40 Å². The smallest absolute Gasteiger partial charge is 0.227 e. The summed E-state index contributed by atoms with van der Waals surface area (Å²) < 4.78 is 8.27. The highest BCUT2D eigenvalue weighted by Gasteiger charge is 2.20. The molecule has 29 heavy (non-hydrogen) atoms. The molecule has 0 aliphatic rings. The maximum Gasteiger partial charge on any atom is 0.227 e. The van der Waals surface area contributed by atoms with Crippen LogP contribution in [0.3, 0.4) is 0 Å². The predicted molar refractivity (Wildman–Crippen MR) is 112 cm³/mol. The molecule has 0 radical (unpaired) electrons. The Morgan fingerprint density at radius 2 is 1.76 bits per heavy atom. The lowest BCUT2D eigenvalue weighted by Gasteiger charge is -2.09. The fourth-order valence-electron chi connectivity index (χ4n) is 3.79. The van der Waals surface area contributed by atoms with Crippen molar-refractivity contribution in [3.05, 3.63) is 78.9 Å². The second-order valence-electron chi connectivity index (χ2n) is 6.93. The molecule has 6 nitrogen and oxygen atoms in total. The first-order chi connectivity index (χ1) is 14.3. The van der Waals surface area contributed by atoms with E-state index in [1.807, 2.05) is 55.5 Å². The van der Waals surface area contributed by atoms with Crippen molar-refractivity contribution in [3.8, 4) is 17.1 Å². The minimum atomic E-state index is 0.634. The van der Waals surface area contributed by atoms with Gasteiger partial charge in [0.15, 0.2) is 11.5 Å². The van der Waals surface area contributed by atoms with E-state index in [0.29, 0.717) is 11.4 Å². The Kier molecular flexibility index (Phi) is 3.28. The molecule has 0 saturated heterocycles. The van der Waals surface area contributed by atoms with Crippen LogP contribution in [0.5, 0.6) is 0 Å². The zero-order valence-electron chi connectivity index (χ0n) is 15.6. The molecule has 0 aliphatic carbocycles. The lowest BCUT2D eigenvalue weighted by atomic mass is 10.1. The van der Waals surface area contributed by atoms with Gasteiger partial charge in [0.05, 0.1) is 11.8 Å². The van der Waals surface area contributed by atoms with E-state index in [1.165, 1.54) is 6.33 Å². The number of aromatic nitrogens is 5. The summed E-state index contributed by atoms with van der Waals surface area (Å²) in [5, 5.41) is 2.01. The van der Waals surface area contributed by atoms with Crippen molar-refractivity contribution in [2.45, 2.75) is 6.92 Å². The summed E-state index contributed by atoms with van der Waals surface area (Å²) >= 11 is 0. The largest absolute Gasteiger partial charge is 0.437 e.